The zero-order chi connectivity index (χ0) is 10.4. The maximum absolute atomic E-state index is 5.73. The van der Waals surface area contributed by atoms with Crippen molar-refractivity contribution in [2.45, 2.75) is 43.7 Å². The summed E-state index contributed by atoms with van der Waals surface area (Å²) in [6.07, 6.45) is 5.05. The summed E-state index contributed by atoms with van der Waals surface area (Å²) < 4.78 is 0. The van der Waals surface area contributed by atoms with Crippen LogP contribution in [-0.2, 0) is 0 Å². The van der Waals surface area contributed by atoms with Crippen LogP contribution in [-0.4, -0.2) is 39.2 Å². The van der Waals surface area contributed by atoms with Crippen LogP contribution in [0.5, 0.6) is 0 Å². The summed E-state index contributed by atoms with van der Waals surface area (Å²) in [4.78, 5) is 6.76. The van der Waals surface area contributed by atoms with Gasteiger partial charge < -0.3 is 4.90 Å². The van der Waals surface area contributed by atoms with Gasteiger partial charge in [-0.25, -0.2) is 4.98 Å². The number of aromatic amines is 1. The highest BCUT2D eigenvalue weighted by Crippen LogP contribution is 2.41. The lowest BCUT2D eigenvalue weighted by Crippen LogP contribution is -2.39. The largest absolute Gasteiger partial charge is 0.300 e. The lowest BCUT2D eigenvalue weighted by Gasteiger charge is -2.35. The van der Waals surface area contributed by atoms with Gasteiger partial charge in [0.15, 0.2) is 0 Å². The van der Waals surface area contributed by atoms with E-state index in [9.17, 15) is 0 Å². The Bertz CT molecular complexity index is 350. The zero-order valence-corrected chi connectivity index (χ0v) is 9.54. The van der Waals surface area contributed by atoms with Crippen LogP contribution in [0.2, 0.25) is 5.28 Å². The fraction of sp³-hybridized carbons (Fsp3) is 0.800. The highest BCUT2D eigenvalue weighted by Gasteiger charge is 2.39. The molecule has 0 aliphatic carbocycles. The van der Waals surface area contributed by atoms with Gasteiger partial charge in [0.2, 0.25) is 5.28 Å². The van der Waals surface area contributed by atoms with Gasteiger partial charge in [-0.3, -0.25) is 5.10 Å². The van der Waals surface area contributed by atoms with Crippen LogP contribution in [0.3, 0.4) is 0 Å². The van der Waals surface area contributed by atoms with Gasteiger partial charge in [-0.1, -0.05) is 0 Å². The van der Waals surface area contributed by atoms with Crippen molar-refractivity contribution >= 4 is 11.6 Å². The van der Waals surface area contributed by atoms with Gasteiger partial charge in [-0.15, -0.1) is 5.10 Å². The second-order valence-electron chi connectivity index (χ2n) is 4.71. The Labute approximate surface area is 94.0 Å². The van der Waals surface area contributed by atoms with Crippen molar-refractivity contribution in [1.29, 1.82) is 0 Å². The number of nitrogens with zero attached hydrogens (tertiary/aromatic N) is 3. The summed E-state index contributed by atoms with van der Waals surface area (Å²) in [6, 6.07) is 1.47. The van der Waals surface area contributed by atoms with Gasteiger partial charge in [0.25, 0.3) is 0 Å². The smallest absolute Gasteiger partial charge is 0.242 e. The first-order valence-corrected chi connectivity index (χ1v) is 5.91. The van der Waals surface area contributed by atoms with Crippen LogP contribution < -0.4 is 0 Å². The topological polar surface area (TPSA) is 44.8 Å². The standard InChI is InChI=1S/C10H15ClN4/c1-15-7-2-3-8(15)5-6(4-7)9-12-10(11)14-13-9/h6-8H,2-5H2,1H3,(H,12,13,14). The molecule has 2 bridgehead atoms. The van der Waals surface area contributed by atoms with Gasteiger partial charge >= 0.3 is 0 Å². The Kier molecular flexibility index (Phi) is 2.21. The third kappa shape index (κ3) is 1.56. The minimum Gasteiger partial charge on any atom is -0.300 e. The summed E-state index contributed by atoms with van der Waals surface area (Å²) >= 11 is 5.73. The first-order valence-electron chi connectivity index (χ1n) is 5.54. The van der Waals surface area contributed by atoms with Gasteiger partial charge in [0.05, 0.1) is 0 Å². The summed E-state index contributed by atoms with van der Waals surface area (Å²) in [5, 5.41) is 7.19. The van der Waals surface area contributed by atoms with Crippen LogP contribution in [0.15, 0.2) is 0 Å². The number of aromatic nitrogens is 3. The minimum atomic E-state index is 0.344. The van der Waals surface area contributed by atoms with Crippen LogP contribution in [0.1, 0.15) is 37.4 Å². The predicted octanol–water partition coefficient (Wildman–Crippen LogP) is 1.80. The molecular weight excluding hydrogens is 212 g/mol. The lowest BCUT2D eigenvalue weighted by molar-refractivity contribution is 0.159. The quantitative estimate of drug-likeness (QED) is 0.794. The lowest BCUT2D eigenvalue weighted by atomic mass is 9.90. The van der Waals surface area contributed by atoms with E-state index in [4.69, 9.17) is 11.6 Å². The predicted molar refractivity (Wildman–Crippen MR) is 57.9 cm³/mol. The Hall–Kier alpha value is -0.610. The van der Waals surface area contributed by atoms with E-state index >= 15 is 0 Å². The number of hydrogen-bond acceptors (Lipinski definition) is 3. The monoisotopic (exact) mass is 226 g/mol. The highest BCUT2D eigenvalue weighted by molar-refractivity contribution is 6.28. The molecular formula is C10H15ClN4. The summed E-state index contributed by atoms with van der Waals surface area (Å²) in [6.45, 7) is 0. The number of piperidine rings is 1. The second kappa shape index (κ2) is 3.46. The molecule has 4 nitrogen and oxygen atoms in total. The number of rotatable bonds is 1. The minimum absolute atomic E-state index is 0.344. The van der Waals surface area contributed by atoms with Crippen molar-refractivity contribution in [3.8, 4) is 0 Å². The molecule has 0 amide bonds. The van der Waals surface area contributed by atoms with E-state index in [1.54, 1.807) is 0 Å². The zero-order valence-electron chi connectivity index (χ0n) is 8.78. The van der Waals surface area contributed by atoms with Crippen molar-refractivity contribution in [3.05, 3.63) is 11.1 Å². The molecule has 0 saturated carbocycles. The SMILES string of the molecule is CN1C2CCC1CC(c1nc(Cl)n[nH]1)C2. The van der Waals surface area contributed by atoms with E-state index in [1.165, 1.54) is 25.7 Å². The number of halogens is 1. The van der Waals surface area contributed by atoms with Gasteiger partial charge in [-0.05, 0) is 44.3 Å². The third-order valence-electron chi connectivity index (χ3n) is 3.96. The van der Waals surface area contributed by atoms with Crippen molar-refractivity contribution in [1.82, 2.24) is 20.1 Å². The second-order valence-corrected chi connectivity index (χ2v) is 5.05. The molecule has 2 atom stereocenters. The maximum atomic E-state index is 5.73. The Morgan fingerprint density at radius 2 is 2.00 bits per heavy atom. The number of hydrogen-bond donors (Lipinski definition) is 1. The molecule has 82 valence electrons. The molecule has 1 aromatic rings. The molecule has 0 aromatic carbocycles. The number of fused-ring (bicyclic) bond motifs is 2. The molecule has 1 N–H and O–H groups in total. The summed E-state index contributed by atoms with van der Waals surface area (Å²) in [7, 11) is 2.24. The van der Waals surface area contributed by atoms with Crippen LogP contribution in [0, 0.1) is 0 Å². The van der Waals surface area contributed by atoms with E-state index in [1.807, 2.05) is 0 Å². The average Bonchev–Trinajstić information content (AvgIpc) is 2.70. The van der Waals surface area contributed by atoms with Crippen molar-refractivity contribution < 1.29 is 0 Å². The Morgan fingerprint density at radius 3 is 2.53 bits per heavy atom. The number of H-pyrrole nitrogens is 1. The molecule has 2 aliphatic heterocycles. The Balaban J connectivity index is 1.80. The fourth-order valence-corrected chi connectivity index (χ4v) is 3.20. The van der Waals surface area contributed by atoms with E-state index in [0.29, 0.717) is 11.2 Å². The van der Waals surface area contributed by atoms with Crippen LogP contribution in [0.25, 0.3) is 0 Å². The van der Waals surface area contributed by atoms with Gasteiger partial charge in [-0.2, -0.15) is 0 Å². The van der Waals surface area contributed by atoms with Crippen LogP contribution >= 0.6 is 11.6 Å². The first kappa shape index (κ1) is 9.60. The average molecular weight is 227 g/mol. The van der Waals surface area contributed by atoms with E-state index in [2.05, 4.69) is 27.1 Å². The van der Waals surface area contributed by atoms with Gasteiger partial charge in [0.1, 0.15) is 5.82 Å². The summed E-state index contributed by atoms with van der Waals surface area (Å²) in [5.41, 5.74) is 0. The molecule has 0 radical (unpaired) electrons. The first-order chi connectivity index (χ1) is 7.24. The summed E-state index contributed by atoms with van der Waals surface area (Å²) in [5.74, 6) is 1.50. The molecule has 0 spiro atoms. The molecule has 5 heteroatoms. The number of nitrogens with one attached hydrogen (secondary N) is 1. The molecule has 2 aliphatic rings. The molecule has 2 unspecified atom stereocenters. The molecule has 3 rings (SSSR count). The molecule has 1 aromatic heterocycles. The fourth-order valence-electron chi connectivity index (χ4n) is 3.07. The molecule has 3 heterocycles. The normalized spacial score (nSPS) is 36.0. The molecule has 2 fully saturated rings. The maximum Gasteiger partial charge on any atom is 0.242 e. The van der Waals surface area contributed by atoms with E-state index in [-0.39, 0.29) is 0 Å². The van der Waals surface area contributed by atoms with E-state index < -0.39 is 0 Å². The highest BCUT2D eigenvalue weighted by atomic mass is 35.5. The van der Waals surface area contributed by atoms with Crippen molar-refractivity contribution in [2.24, 2.45) is 0 Å². The van der Waals surface area contributed by atoms with Crippen molar-refractivity contribution in [2.75, 3.05) is 7.05 Å². The molecule has 15 heavy (non-hydrogen) atoms. The Morgan fingerprint density at radius 1 is 1.33 bits per heavy atom. The van der Waals surface area contributed by atoms with Crippen LogP contribution in [0.4, 0.5) is 0 Å². The third-order valence-corrected chi connectivity index (χ3v) is 4.13. The molecule has 2 saturated heterocycles. The van der Waals surface area contributed by atoms with Crippen molar-refractivity contribution in [3.63, 3.8) is 0 Å². The van der Waals surface area contributed by atoms with Gasteiger partial charge in [0, 0.05) is 18.0 Å². The van der Waals surface area contributed by atoms with E-state index in [0.717, 1.165) is 17.9 Å².